The number of hydrogen-bond acceptors (Lipinski definition) is 3. The summed E-state index contributed by atoms with van der Waals surface area (Å²) in [4.78, 5) is 14.9. The SMILES string of the molecule is O=C(O)c1c(O)cnc2cccc(Br)c12. The molecule has 0 saturated carbocycles. The number of nitrogens with zero attached hydrogens (tertiary/aromatic N) is 1. The van der Waals surface area contributed by atoms with Crippen LogP contribution in [0.4, 0.5) is 0 Å². The van der Waals surface area contributed by atoms with Crippen LogP contribution in [0.25, 0.3) is 10.9 Å². The van der Waals surface area contributed by atoms with E-state index in [2.05, 4.69) is 20.9 Å². The van der Waals surface area contributed by atoms with Crippen molar-refractivity contribution in [1.82, 2.24) is 4.98 Å². The molecule has 0 radical (unpaired) electrons. The first-order valence-corrected chi connectivity index (χ1v) is 4.90. The van der Waals surface area contributed by atoms with E-state index in [1.807, 2.05) is 0 Å². The van der Waals surface area contributed by atoms with Gasteiger partial charge in [-0.2, -0.15) is 0 Å². The molecule has 0 aliphatic rings. The van der Waals surface area contributed by atoms with Crippen molar-refractivity contribution < 1.29 is 15.0 Å². The number of pyridine rings is 1. The fraction of sp³-hybridized carbons (Fsp3) is 0. The summed E-state index contributed by atoms with van der Waals surface area (Å²) < 4.78 is 0.598. The van der Waals surface area contributed by atoms with Crippen LogP contribution in [0.1, 0.15) is 10.4 Å². The molecular weight excluding hydrogens is 262 g/mol. The minimum absolute atomic E-state index is 0.132. The molecule has 0 aliphatic carbocycles. The molecule has 1 heterocycles. The van der Waals surface area contributed by atoms with E-state index >= 15 is 0 Å². The van der Waals surface area contributed by atoms with E-state index in [4.69, 9.17) is 5.11 Å². The van der Waals surface area contributed by atoms with Crippen molar-refractivity contribution in [3.05, 3.63) is 34.4 Å². The van der Waals surface area contributed by atoms with Gasteiger partial charge in [0.25, 0.3) is 0 Å². The highest BCUT2D eigenvalue weighted by Gasteiger charge is 2.16. The second-order valence-electron chi connectivity index (χ2n) is 2.96. The number of halogens is 1. The van der Waals surface area contributed by atoms with Crippen LogP contribution in [-0.4, -0.2) is 21.2 Å². The zero-order valence-electron chi connectivity index (χ0n) is 7.44. The third-order valence-corrected chi connectivity index (χ3v) is 2.70. The van der Waals surface area contributed by atoms with Gasteiger partial charge in [0.1, 0.15) is 11.3 Å². The van der Waals surface area contributed by atoms with Crippen molar-refractivity contribution in [2.45, 2.75) is 0 Å². The van der Waals surface area contributed by atoms with Gasteiger partial charge in [0.15, 0.2) is 0 Å². The number of carboxylic acids is 1. The van der Waals surface area contributed by atoms with Crippen molar-refractivity contribution in [2.75, 3.05) is 0 Å². The van der Waals surface area contributed by atoms with E-state index in [9.17, 15) is 9.90 Å². The molecule has 15 heavy (non-hydrogen) atoms. The van der Waals surface area contributed by atoms with Gasteiger partial charge < -0.3 is 10.2 Å². The summed E-state index contributed by atoms with van der Waals surface area (Å²) in [5, 5.41) is 18.8. The zero-order valence-corrected chi connectivity index (χ0v) is 9.02. The Hall–Kier alpha value is -1.62. The van der Waals surface area contributed by atoms with Gasteiger partial charge in [0, 0.05) is 9.86 Å². The Morgan fingerprint density at radius 1 is 1.40 bits per heavy atom. The van der Waals surface area contributed by atoms with Crippen molar-refractivity contribution in [2.24, 2.45) is 0 Å². The Bertz CT molecular complexity index is 554. The third kappa shape index (κ3) is 1.55. The molecule has 2 aromatic rings. The lowest BCUT2D eigenvalue weighted by atomic mass is 10.1. The predicted molar refractivity (Wildman–Crippen MR) is 58.1 cm³/mol. The van der Waals surface area contributed by atoms with Crippen molar-refractivity contribution in [1.29, 1.82) is 0 Å². The molecular formula is C10H6BrNO3. The van der Waals surface area contributed by atoms with Gasteiger partial charge in [-0.3, -0.25) is 4.98 Å². The number of aromatic hydroxyl groups is 1. The summed E-state index contributed by atoms with van der Waals surface area (Å²) in [6, 6.07) is 5.14. The van der Waals surface area contributed by atoms with Crippen LogP contribution in [0.15, 0.2) is 28.9 Å². The van der Waals surface area contributed by atoms with Gasteiger partial charge in [-0.25, -0.2) is 4.79 Å². The summed E-state index contributed by atoms with van der Waals surface area (Å²) in [5.41, 5.74) is 0.395. The average molecular weight is 268 g/mol. The van der Waals surface area contributed by atoms with Crippen molar-refractivity contribution >= 4 is 32.8 Å². The normalized spacial score (nSPS) is 10.5. The molecule has 76 valence electrons. The van der Waals surface area contributed by atoms with E-state index in [0.29, 0.717) is 15.4 Å². The van der Waals surface area contributed by atoms with Gasteiger partial charge in [0.2, 0.25) is 0 Å². The van der Waals surface area contributed by atoms with E-state index < -0.39 is 5.97 Å². The van der Waals surface area contributed by atoms with Crippen LogP contribution in [0, 0.1) is 0 Å². The highest BCUT2D eigenvalue weighted by molar-refractivity contribution is 9.10. The summed E-state index contributed by atoms with van der Waals surface area (Å²) in [7, 11) is 0. The number of aromatic carboxylic acids is 1. The molecule has 0 amide bonds. The molecule has 0 bridgehead atoms. The van der Waals surface area contributed by atoms with Crippen LogP contribution in [-0.2, 0) is 0 Å². The summed E-state index contributed by atoms with van der Waals surface area (Å²) >= 11 is 3.24. The maximum absolute atomic E-state index is 11.0. The minimum Gasteiger partial charge on any atom is -0.505 e. The molecule has 2 N–H and O–H groups in total. The third-order valence-electron chi connectivity index (χ3n) is 2.04. The number of carbonyl (C=O) groups is 1. The van der Waals surface area contributed by atoms with E-state index in [1.54, 1.807) is 18.2 Å². The molecule has 0 atom stereocenters. The number of fused-ring (bicyclic) bond motifs is 1. The molecule has 1 aromatic carbocycles. The van der Waals surface area contributed by atoms with Gasteiger partial charge in [0.05, 0.1) is 11.7 Å². The summed E-state index contributed by atoms with van der Waals surface area (Å²) in [6.45, 7) is 0. The first-order valence-electron chi connectivity index (χ1n) is 4.10. The van der Waals surface area contributed by atoms with Crippen molar-refractivity contribution in [3.63, 3.8) is 0 Å². The Morgan fingerprint density at radius 3 is 2.80 bits per heavy atom. The maximum Gasteiger partial charge on any atom is 0.340 e. The molecule has 0 aliphatic heterocycles. The molecule has 4 nitrogen and oxygen atoms in total. The maximum atomic E-state index is 11.0. The second kappa shape index (κ2) is 3.51. The lowest BCUT2D eigenvalue weighted by Gasteiger charge is -2.05. The lowest BCUT2D eigenvalue weighted by Crippen LogP contribution is -1.99. The highest BCUT2D eigenvalue weighted by atomic mass is 79.9. The number of rotatable bonds is 1. The minimum atomic E-state index is -1.17. The van der Waals surface area contributed by atoms with Gasteiger partial charge in [-0.1, -0.05) is 22.0 Å². The standard InChI is InChI=1S/C10H6BrNO3/c11-5-2-1-3-6-8(5)9(10(14)15)7(13)4-12-6/h1-4,13H,(H,14,15). The predicted octanol–water partition coefficient (Wildman–Crippen LogP) is 2.40. The van der Waals surface area contributed by atoms with Gasteiger partial charge in [-0.05, 0) is 12.1 Å². The Balaban J connectivity index is 2.97. The Labute approximate surface area is 93.3 Å². The highest BCUT2D eigenvalue weighted by Crippen LogP contribution is 2.30. The number of aromatic nitrogens is 1. The fourth-order valence-corrected chi connectivity index (χ4v) is 1.96. The number of benzene rings is 1. The largest absolute Gasteiger partial charge is 0.505 e. The first kappa shape index (κ1) is 9.92. The summed E-state index contributed by atoms with van der Waals surface area (Å²) in [5.74, 6) is -1.51. The molecule has 0 saturated heterocycles. The van der Waals surface area contributed by atoms with Crippen LogP contribution in [0.2, 0.25) is 0 Å². The number of hydrogen-bond donors (Lipinski definition) is 2. The van der Waals surface area contributed by atoms with Gasteiger partial charge >= 0.3 is 5.97 Å². The quantitative estimate of drug-likeness (QED) is 0.833. The second-order valence-corrected chi connectivity index (χ2v) is 3.81. The first-order chi connectivity index (χ1) is 7.11. The zero-order chi connectivity index (χ0) is 11.0. The molecule has 1 aromatic heterocycles. The average Bonchev–Trinajstić information content (AvgIpc) is 2.18. The topological polar surface area (TPSA) is 70.4 Å². The smallest absolute Gasteiger partial charge is 0.340 e. The Kier molecular flexibility index (Phi) is 2.32. The fourth-order valence-electron chi connectivity index (χ4n) is 1.41. The molecule has 0 spiro atoms. The van der Waals surface area contributed by atoms with E-state index in [0.717, 1.165) is 6.20 Å². The summed E-state index contributed by atoms with van der Waals surface area (Å²) in [6.07, 6.45) is 1.14. The van der Waals surface area contributed by atoms with E-state index in [-0.39, 0.29) is 11.3 Å². The van der Waals surface area contributed by atoms with Crippen LogP contribution in [0.3, 0.4) is 0 Å². The lowest BCUT2D eigenvalue weighted by molar-refractivity contribution is 0.0696. The van der Waals surface area contributed by atoms with Crippen LogP contribution < -0.4 is 0 Å². The molecule has 5 heteroatoms. The monoisotopic (exact) mass is 267 g/mol. The Morgan fingerprint density at radius 2 is 2.13 bits per heavy atom. The van der Waals surface area contributed by atoms with Crippen LogP contribution >= 0.6 is 15.9 Å². The van der Waals surface area contributed by atoms with E-state index in [1.165, 1.54) is 0 Å². The van der Waals surface area contributed by atoms with Crippen molar-refractivity contribution in [3.8, 4) is 5.75 Å². The van der Waals surface area contributed by atoms with Crippen LogP contribution in [0.5, 0.6) is 5.75 Å². The molecule has 2 rings (SSSR count). The van der Waals surface area contributed by atoms with Gasteiger partial charge in [-0.15, -0.1) is 0 Å². The number of carboxylic acid groups (broad SMARTS) is 1. The molecule has 0 unspecified atom stereocenters. The molecule has 0 fully saturated rings.